The first kappa shape index (κ1) is 14.7. The third-order valence-corrected chi connectivity index (χ3v) is 4.19. The van der Waals surface area contributed by atoms with Gasteiger partial charge in [-0.15, -0.1) is 11.3 Å². The predicted molar refractivity (Wildman–Crippen MR) is 76.7 cm³/mol. The summed E-state index contributed by atoms with van der Waals surface area (Å²) in [4.78, 5) is 28.3. The summed E-state index contributed by atoms with van der Waals surface area (Å²) in [5.41, 5.74) is 0.307. The molecule has 0 fully saturated rings. The quantitative estimate of drug-likeness (QED) is 0.823. The normalized spacial score (nSPS) is 11.1. The van der Waals surface area contributed by atoms with Crippen LogP contribution in [0.15, 0.2) is 11.1 Å². The molecule has 0 aromatic carbocycles. The number of ether oxygens (including phenoxy) is 1. The molecule has 0 unspecified atom stereocenters. The molecular formula is C13H16N2O4S. The van der Waals surface area contributed by atoms with E-state index in [2.05, 4.69) is 4.98 Å². The maximum atomic E-state index is 12.3. The van der Waals surface area contributed by atoms with Crippen molar-refractivity contribution in [3.05, 3.63) is 27.1 Å². The Kier molecular flexibility index (Phi) is 4.51. The van der Waals surface area contributed by atoms with Crippen molar-refractivity contribution < 1.29 is 14.6 Å². The average Bonchev–Trinajstić information content (AvgIpc) is 2.75. The van der Waals surface area contributed by atoms with Crippen LogP contribution in [0, 0.1) is 6.92 Å². The highest BCUT2D eigenvalue weighted by molar-refractivity contribution is 7.20. The number of hydrogen-bond acceptors (Lipinski definition) is 5. The smallest absolute Gasteiger partial charge is 0.346 e. The molecule has 0 amide bonds. The molecule has 0 atom stereocenters. The minimum absolute atomic E-state index is 0.177. The van der Waals surface area contributed by atoms with Crippen LogP contribution in [0.25, 0.3) is 10.2 Å². The largest absolute Gasteiger partial charge is 0.477 e. The Bertz CT molecular complexity index is 689. The van der Waals surface area contributed by atoms with Gasteiger partial charge in [0.25, 0.3) is 5.56 Å². The van der Waals surface area contributed by atoms with Gasteiger partial charge in [0.1, 0.15) is 9.71 Å². The number of thiophene rings is 1. The van der Waals surface area contributed by atoms with Gasteiger partial charge in [-0.05, 0) is 25.8 Å². The number of aromatic nitrogens is 2. The fraction of sp³-hybridized carbons (Fsp3) is 0.462. The van der Waals surface area contributed by atoms with Crippen molar-refractivity contribution in [1.82, 2.24) is 9.55 Å². The number of carboxylic acid groups (broad SMARTS) is 1. The molecule has 0 aliphatic rings. The molecule has 0 saturated heterocycles. The van der Waals surface area contributed by atoms with E-state index in [1.807, 2.05) is 6.92 Å². The first-order valence-corrected chi connectivity index (χ1v) is 7.17. The molecule has 0 spiro atoms. The van der Waals surface area contributed by atoms with E-state index < -0.39 is 5.97 Å². The van der Waals surface area contributed by atoms with Gasteiger partial charge in [0, 0.05) is 19.8 Å². The van der Waals surface area contributed by atoms with Crippen LogP contribution >= 0.6 is 11.3 Å². The number of aryl methyl sites for hydroxylation is 2. The fourth-order valence-electron chi connectivity index (χ4n) is 2.00. The van der Waals surface area contributed by atoms with Crippen molar-refractivity contribution >= 4 is 27.5 Å². The van der Waals surface area contributed by atoms with Crippen molar-refractivity contribution in [3.63, 3.8) is 0 Å². The monoisotopic (exact) mass is 296 g/mol. The molecule has 20 heavy (non-hydrogen) atoms. The van der Waals surface area contributed by atoms with Gasteiger partial charge in [0.05, 0.1) is 11.7 Å². The van der Waals surface area contributed by atoms with E-state index >= 15 is 0 Å². The van der Waals surface area contributed by atoms with Gasteiger partial charge in [-0.1, -0.05) is 0 Å². The zero-order valence-corrected chi connectivity index (χ0v) is 12.2. The van der Waals surface area contributed by atoms with Crippen LogP contribution in [0.2, 0.25) is 0 Å². The summed E-state index contributed by atoms with van der Waals surface area (Å²) in [6.07, 6.45) is 2.19. The maximum absolute atomic E-state index is 12.3. The number of carbonyl (C=O) groups is 1. The lowest BCUT2D eigenvalue weighted by molar-refractivity contribution is 0.0701. The van der Waals surface area contributed by atoms with Gasteiger partial charge >= 0.3 is 5.97 Å². The Morgan fingerprint density at radius 3 is 2.95 bits per heavy atom. The van der Waals surface area contributed by atoms with Gasteiger partial charge in [-0.25, -0.2) is 9.78 Å². The summed E-state index contributed by atoms with van der Waals surface area (Å²) >= 11 is 1.04. The second kappa shape index (κ2) is 6.15. The first-order chi connectivity index (χ1) is 9.56. The molecule has 0 aliphatic heterocycles. The van der Waals surface area contributed by atoms with Crippen molar-refractivity contribution in [3.8, 4) is 0 Å². The Morgan fingerprint density at radius 2 is 2.30 bits per heavy atom. The lowest BCUT2D eigenvalue weighted by Crippen LogP contribution is -2.21. The van der Waals surface area contributed by atoms with Crippen molar-refractivity contribution in [2.45, 2.75) is 26.8 Å². The minimum Gasteiger partial charge on any atom is -0.477 e. The van der Waals surface area contributed by atoms with Crippen LogP contribution in [0.3, 0.4) is 0 Å². The number of fused-ring (bicyclic) bond motifs is 1. The molecule has 108 valence electrons. The predicted octanol–water partition coefficient (Wildman–Crippen LogP) is 1.89. The van der Waals surface area contributed by atoms with Gasteiger partial charge in [0.2, 0.25) is 0 Å². The molecule has 0 bridgehead atoms. The highest BCUT2D eigenvalue weighted by Gasteiger charge is 2.18. The summed E-state index contributed by atoms with van der Waals surface area (Å²) in [5.74, 6) is -1.02. The summed E-state index contributed by atoms with van der Waals surface area (Å²) < 4.78 is 6.74. The Balaban J connectivity index is 2.35. The van der Waals surface area contributed by atoms with Crippen LogP contribution in [0.1, 0.15) is 28.6 Å². The third-order valence-electron chi connectivity index (χ3n) is 3.00. The summed E-state index contributed by atoms with van der Waals surface area (Å²) in [7, 11) is 0. The summed E-state index contributed by atoms with van der Waals surface area (Å²) in [6.45, 7) is 5.32. The molecule has 7 heteroatoms. The van der Waals surface area contributed by atoms with Gasteiger partial charge in [-0.3, -0.25) is 9.36 Å². The molecule has 1 N–H and O–H groups in total. The van der Waals surface area contributed by atoms with Crippen LogP contribution in [-0.4, -0.2) is 33.8 Å². The lowest BCUT2D eigenvalue weighted by Gasteiger charge is -2.05. The molecule has 2 aromatic rings. The van der Waals surface area contributed by atoms with Gasteiger partial charge in [0.15, 0.2) is 0 Å². The molecule has 2 aromatic heterocycles. The molecule has 0 saturated carbocycles. The zero-order valence-electron chi connectivity index (χ0n) is 11.4. The minimum atomic E-state index is -1.02. The Morgan fingerprint density at radius 1 is 1.55 bits per heavy atom. The molecular weight excluding hydrogens is 280 g/mol. The highest BCUT2D eigenvalue weighted by Crippen LogP contribution is 2.26. The molecule has 6 nitrogen and oxygen atoms in total. The molecule has 2 rings (SSSR count). The Labute approximate surface area is 119 Å². The van der Waals surface area contributed by atoms with E-state index in [1.165, 1.54) is 10.9 Å². The number of rotatable bonds is 6. The second-order valence-corrected chi connectivity index (χ2v) is 5.33. The van der Waals surface area contributed by atoms with E-state index in [1.54, 1.807) is 6.92 Å². The standard InChI is InChI=1S/C13H16N2O4S/c1-3-19-6-4-5-15-7-14-11-9(12(15)16)8(2)10(20-11)13(17)18/h7H,3-6H2,1-2H3,(H,17,18). The fourth-order valence-corrected chi connectivity index (χ4v) is 2.98. The van der Waals surface area contributed by atoms with Gasteiger partial charge < -0.3 is 9.84 Å². The average molecular weight is 296 g/mol. The van der Waals surface area contributed by atoms with Crippen LogP contribution in [0.5, 0.6) is 0 Å². The topological polar surface area (TPSA) is 81.4 Å². The van der Waals surface area contributed by atoms with Crippen LogP contribution in [-0.2, 0) is 11.3 Å². The third kappa shape index (κ3) is 2.73. The number of nitrogens with zero attached hydrogens (tertiary/aromatic N) is 2. The van der Waals surface area contributed by atoms with E-state index in [-0.39, 0.29) is 10.4 Å². The molecule has 0 aliphatic carbocycles. The van der Waals surface area contributed by atoms with E-state index in [4.69, 9.17) is 9.84 Å². The first-order valence-electron chi connectivity index (χ1n) is 6.35. The lowest BCUT2D eigenvalue weighted by atomic mass is 10.2. The summed E-state index contributed by atoms with van der Waals surface area (Å²) in [6, 6.07) is 0. The van der Waals surface area contributed by atoms with E-state index in [9.17, 15) is 9.59 Å². The van der Waals surface area contributed by atoms with Crippen molar-refractivity contribution in [2.24, 2.45) is 0 Å². The van der Waals surface area contributed by atoms with Gasteiger partial charge in [-0.2, -0.15) is 0 Å². The number of aromatic carboxylic acids is 1. The highest BCUT2D eigenvalue weighted by atomic mass is 32.1. The van der Waals surface area contributed by atoms with Crippen molar-refractivity contribution in [2.75, 3.05) is 13.2 Å². The number of hydrogen-bond donors (Lipinski definition) is 1. The number of carboxylic acids is 1. The molecule has 2 heterocycles. The Hall–Kier alpha value is -1.73. The van der Waals surface area contributed by atoms with Crippen LogP contribution < -0.4 is 5.56 Å². The van der Waals surface area contributed by atoms with Crippen molar-refractivity contribution in [1.29, 1.82) is 0 Å². The SMILES string of the molecule is CCOCCCn1cnc2sc(C(=O)O)c(C)c2c1=O. The summed E-state index contributed by atoms with van der Waals surface area (Å²) in [5, 5.41) is 9.49. The van der Waals surface area contributed by atoms with Crippen LogP contribution in [0.4, 0.5) is 0 Å². The molecule has 0 radical (unpaired) electrons. The maximum Gasteiger partial charge on any atom is 0.346 e. The van der Waals surface area contributed by atoms with E-state index in [0.29, 0.717) is 35.5 Å². The zero-order chi connectivity index (χ0) is 14.7. The van der Waals surface area contributed by atoms with E-state index in [0.717, 1.165) is 17.8 Å². The second-order valence-electron chi connectivity index (χ2n) is 4.34.